The van der Waals surface area contributed by atoms with Crippen molar-refractivity contribution in [1.29, 1.82) is 0 Å². The standard InChI is InChI=1S/C12H14FNO4/c1-3-18-11(16)7-14(2)12(17)9-5-4-8(13)6-10(9)15/h4-6,15H,3,7H2,1-2H3. The summed E-state index contributed by atoms with van der Waals surface area (Å²) in [4.78, 5) is 24.1. The fourth-order valence-corrected chi connectivity index (χ4v) is 1.36. The number of ether oxygens (including phenoxy) is 1. The van der Waals surface area contributed by atoms with Crippen LogP contribution < -0.4 is 0 Å². The first kappa shape index (κ1) is 14.0. The Bertz CT molecular complexity index is 461. The number of phenols is 1. The van der Waals surface area contributed by atoms with Gasteiger partial charge in [-0.3, -0.25) is 9.59 Å². The summed E-state index contributed by atoms with van der Waals surface area (Å²) in [6, 6.07) is 3.06. The lowest BCUT2D eigenvalue weighted by Gasteiger charge is -2.16. The number of rotatable bonds is 4. The monoisotopic (exact) mass is 255 g/mol. The van der Waals surface area contributed by atoms with Gasteiger partial charge in [-0.15, -0.1) is 0 Å². The van der Waals surface area contributed by atoms with Gasteiger partial charge in [0.2, 0.25) is 0 Å². The Hall–Kier alpha value is -2.11. The van der Waals surface area contributed by atoms with Gasteiger partial charge in [0.1, 0.15) is 18.1 Å². The van der Waals surface area contributed by atoms with Crippen LogP contribution in [0.15, 0.2) is 18.2 Å². The van der Waals surface area contributed by atoms with E-state index in [1.165, 1.54) is 7.05 Å². The molecular weight excluding hydrogens is 241 g/mol. The summed E-state index contributed by atoms with van der Waals surface area (Å²) < 4.78 is 17.5. The number of aromatic hydroxyl groups is 1. The largest absolute Gasteiger partial charge is 0.507 e. The first-order valence-corrected chi connectivity index (χ1v) is 5.35. The predicted octanol–water partition coefficient (Wildman–Crippen LogP) is 1.17. The van der Waals surface area contributed by atoms with Gasteiger partial charge in [0.25, 0.3) is 5.91 Å². The molecular formula is C12H14FNO4. The summed E-state index contributed by atoms with van der Waals surface area (Å²) in [7, 11) is 1.39. The number of carbonyl (C=O) groups is 2. The van der Waals surface area contributed by atoms with Crippen LogP contribution in [0.4, 0.5) is 4.39 Å². The number of amides is 1. The minimum absolute atomic E-state index is 0.0665. The molecule has 0 fully saturated rings. The zero-order valence-corrected chi connectivity index (χ0v) is 10.1. The third kappa shape index (κ3) is 3.44. The minimum atomic E-state index is -0.642. The van der Waals surface area contributed by atoms with Crippen LogP contribution in [-0.4, -0.2) is 42.1 Å². The normalized spacial score (nSPS) is 9.94. The van der Waals surface area contributed by atoms with Crippen molar-refractivity contribution >= 4 is 11.9 Å². The van der Waals surface area contributed by atoms with Crippen LogP contribution in [0.1, 0.15) is 17.3 Å². The number of halogens is 1. The Morgan fingerprint density at radius 3 is 2.67 bits per heavy atom. The molecule has 0 aliphatic heterocycles. The van der Waals surface area contributed by atoms with Gasteiger partial charge in [-0.1, -0.05) is 0 Å². The number of benzene rings is 1. The number of carbonyl (C=O) groups excluding carboxylic acids is 2. The lowest BCUT2D eigenvalue weighted by Crippen LogP contribution is -2.33. The van der Waals surface area contributed by atoms with E-state index in [0.717, 1.165) is 23.1 Å². The van der Waals surface area contributed by atoms with Crippen LogP contribution in [0.3, 0.4) is 0 Å². The maximum atomic E-state index is 12.8. The maximum Gasteiger partial charge on any atom is 0.325 e. The van der Waals surface area contributed by atoms with Crippen LogP contribution in [0, 0.1) is 5.82 Å². The van der Waals surface area contributed by atoms with Crippen LogP contribution >= 0.6 is 0 Å². The summed E-state index contributed by atoms with van der Waals surface area (Å²) in [6.07, 6.45) is 0. The zero-order valence-electron chi connectivity index (χ0n) is 10.1. The van der Waals surface area contributed by atoms with Gasteiger partial charge in [-0.2, -0.15) is 0 Å². The number of nitrogens with zero attached hydrogens (tertiary/aromatic N) is 1. The van der Waals surface area contributed by atoms with Gasteiger partial charge >= 0.3 is 5.97 Å². The lowest BCUT2D eigenvalue weighted by atomic mass is 10.1. The Morgan fingerprint density at radius 1 is 1.44 bits per heavy atom. The Balaban J connectivity index is 2.77. The van der Waals surface area contributed by atoms with Crippen molar-refractivity contribution in [2.24, 2.45) is 0 Å². The zero-order chi connectivity index (χ0) is 13.7. The minimum Gasteiger partial charge on any atom is -0.507 e. The van der Waals surface area contributed by atoms with Crippen molar-refractivity contribution in [2.45, 2.75) is 6.92 Å². The summed E-state index contributed by atoms with van der Waals surface area (Å²) in [5.41, 5.74) is -0.0665. The third-order valence-electron chi connectivity index (χ3n) is 2.21. The maximum absolute atomic E-state index is 12.8. The van der Waals surface area contributed by atoms with Crippen molar-refractivity contribution in [1.82, 2.24) is 4.90 Å². The Labute approximate surface area is 104 Å². The average Bonchev–Trinajstić information content (AvgIpc) is 2.28. The van der Waals surface area contributed by atoms with E-state index < -0.39 is 23.4 Å². The molecule has 0 aliphatic carbocycles. The van der Waals surface area contributed by atoms with E-state index in [-0.39, 0.29) is 18.7 Å². The molecule has 0 spiro atoms. The average molecular weight is 255 g/mol. The van der Waals surface area contributed by atoms with Crippen LogP contribution in [0.5, 0.6) is 5.75 Å². The molecule has 0 aromatic heterocycles. The SMILES string of the molecule is CCOC(=O)CN(C)C(=O)c1ccc(F)cc1O. The smallest absolute Gasteiger partial charge is 0.325 e. The van der Waals surface area contributed by atoms with Crippen molar-refractivity contribution < 1.29 is 23.8 Å². The van der Waals surface area contributed by atoms with E-state index in [1.54, 1.807) is 6.92 Å². The Kier molecular flexibility index (Phi) is 4.65. The Morgan fingerprint density at radius 2 is 2.11 bits per heavy atom. The van der Waals surface area contributed by atoms with Gasteiger partial charge < -0.3 is 14.7 Å². The van der Waals surface area contributed by atoms with Crippen molar-refractivity contribution in [3.8, 4) is 5.75 Å². The topological polar surface area (TPSA) is 66.8 Å². The molecule has 5 nitrogen and oxygen atoms in total. The highest BCUT2D eigenvalue weighted by Gasteiger charge is 2.18. The van der Waals surface area contributed by atoms with Gasteiger partial charge in [-0.05, 0) is 19.1 Å². The molecule has 98 valence electrons. The quantitative estimate of drug-likeness (QED) is 0.820. The van der Waals surface area contributed by atoms with Crippen molar-refractivity contribution in [2.75, 3.05) is 20.2 Å². The van der Waals surface area contributed by atoms with Gasteiger partial charge in [0, 0.05) is 13.1 Å². The highest BCUT2D eigenvalue weighted by molar-refractivity contribution is 5.98. The highest BCUT2D eigenvalue weighted by Crippen LogP contribution is 2.19. The molecule has 0 bridgehead atoms. The fourth-order valence-electron chi connectivity index (χ4n) is 1.36. The molecule has 0 radical (unpaired) electrons. The molecule has 0 aliphatic rings. The van der Waals surface area contributed by atoms with E-state index in [9.17, 15) is 19.1 Å². The van der Waals surface area contributed by atoms with E-state index in [0.29, 0.717) is 0 Å². The molecule has 18 heavy (non-hydrogen) atoms. The molecule has 1 aromatic carbocycles. The van der Waals surface area contributed by atoms with E-state index in [4.69, 9.17) is 4.74 Å². The highest BCUT2D eigenvalue weighted by atomic mass is 19.1. The van der Waals surface area contributed by atoms with Gasteiger partial charge in [0.05, 0.1) is 12.2 Å². The van der Waals surface area contributed by atoms with E-state index >= 15 is 0 Å². The summed E-state index contributed by atoms with van der Waals surface area (Å²) in [5, 5.41) is 9.44. The molecule has 0 heterocycles. The summed E-state index contributed by atoms with van der Waals surface area (Å²) in [5.74, 6) is -2.23. The number of esters is 1. The van der Waals surface area contributed by atoms with Crippen molar-refractivity contribution in [3.63, 3.8) is 0 Å². The first-order chi connectivity index (χ1) is 8.45. The molecule has 1 amide bonds. The van der Waals surface area contributed by atoms with Gasteiger partial charge in [0.15, 0.2) is 0 Å². The second-order valence-corrected chi connectivity index (χ2v) is 3.63. The summed E-state index contributed by atoms with van der Waals surface area (Å²) in [6.45, 7) is 1.65. The number of likely N-dealkylation sites (N-methyl/N-ethyl adjacent to an activating group) is 1. The molecule has 0 unspecified atom stereocenters. The second kappa shape index (κ2) is 6.00. The third-order valence-corrected chi connectivity index (χ3v) is 2.21. The number of phenolic OH excluding ortho intramolecular Hbond substituents is 1. The molecule has 1 aromatic rings. The number of hydrogen-bond donors (Lipinski definition) is 1. The predicted molar refractivity (Wildman–Crippen MR) is 61.7 cm³/mol. The van der Waals surface area contributed by atoms with Crippen LogP contribution in [0.2, 0.25) is 0 Å². The molecule has 0 saturated carbocycles. The second-order valence-electron chi connectivity index (χ2n) is 3.63. The first-order valence-electron chi connectivity index (χ1n) is 5.35. The molecule has 6 heteroatoms. The molecule has 0 atom stereocenters. The van der Waals surface area contributed by atoms with Gasteiger partial charge in [-0.25, -0.2) is 4.39 Å². The molecule has 0 saturated heterocycles. The van der Waals surface area contributed by atoms with Crippen LogP contribution in [0.25, 0.3) is 0 Å². The molecule has 1 N–H and O–H groups in total. The molecule has 1 rings (SSSR count). The van der Waals surface area contributed by atoms with Crippen LogP contribution in [-0.2, 0) is 9.53 Å². The number of hydrogen-bond acceptors (Lipinski definition) is 4. The van der Waals surface area contributed by atoms with E-state index in [1.807, 2.05) is 0 Å². The summed E-state index contributed by atoms with van der Waals surface area (Å²) >= 11 is 0. The van der Waals surface area contributed by atoms with Crippen molar-refractivity contribution in [3.05, 3.63) is 29.6 Å². The van der Waals surface area contributed by atoms with E-state index in [2.05, 4.69) is 0 Å². The fraction of sp³-hybridized carbons (Fsp3) is 0.333. The lowest BCUT2D eigenvalue weighted by molar-refractivity contribution is -0.143.